The number of hydrogen-bond donors (Lipinski definition) is 1. The van der Waals surface area contributed by atoms with Crippen LogP contribution in [0.4, 0.5) is 0 Å². The van der Waals surface area contributed by atoms with E-state index in [0.29, 0.717) is 24.2 Å². The van der Waals surface area contributed by atoms with E-state index in [9.17, 15) is 19.6 Å². The van der Waals surface area contributed by atoms with Crippen LogP contribution in [-0.2, 0) is 14.4 Å². The molecule has 2 heterocycles. The summed E-state index contributed by atoms with van der Waals surface area (Å²) in [4.78, 5) is 46.0. The highest BCUT2D eigenvalue weighted by molar-refractivity contribution is 6.05. The predicted molar refractivity (Wildman–Crippen MR) is 96.1 cm³/mol. The molecule has 1 aromatic carbocycles. The van der Waals surface area contributed by atoms with Crippen LogP contribution < -0.4 is 0 Å². The van der Waals surface area contributed by atoms with Gasteiger partial charge in [-0.25, -0.2) is 4.98 Å². The van der Waals surface area contributed by atoms with E-state index in [-0.39, 0.29) is 42.4 Å². The smallest absolute Gasteiger partial charge is 0.233 e. The number of aromatic amines is 1. The summed E-state index contributed by atoms with van der Waals surface area (Å²) >= 11 is 0. The quantitative estimate of drug-likeness (QED) is 0.647. The Labute approximate surface area is 155 Å². The summed E-state index contributed by atoms with van der Waals surface area (Å²) in [7, 11) is 0. The van der Waals surface area contributed by atoms with Gasteiger partial charge in [-0.2, -0.15) is 5.26 Å². The number of imidazole rings is 1. The summed E-state index contributed by atoms with van der Waals surface area (Å²) in [6, 6.07) is 9.27. The fraction of sp³-hybridized carbons (Fsp3) is 0.350. The molecular formula is C20H18N4O3. The van der Waals surface area contributed by atoms with Gasteiger partial charge in [0.1, 0.15) is 5.82 Å². The SMILES string of the molecule is N#C[C@@H](C(=O)CCN1C(=O)[C@H]2CC=CC[C@@H]2C1=O)c1nc2ccccc2[nH]1. The summed E-state index contributed by atoms with van der Waals surface area (Å²) < 4.78 is 0. The fourth-order valence-corrected chi connectivity index (χ4v) is 3.85. The molecule has 1 aliphatic carbocycles. The summed E-state index contributed by atoms with van der Waals surface area (Å²) in [5.41, 5.74) is 1.43. The van der Waals surface area contributed by atoms with Gasteiger partial charge in [-0.3, -0.25) is 19.3 Å². The number of likely N-dealkylation sites (tertiary alicyclic amines) is 1. The van der Waals surface area contributed by atoms with Gasteiger partial charge in [0.25, 0.3) is 0 Å². The molecule has 0 unspecified atom stereocenters. The number of aromatic nitrogens is 2. The molecule has 1 fully saturated rings. The zero-order valence-electron chi connectivity index (χ0n) is 14.6. The van der Waals surface area contributed by atoms with Crippen molar-refractivity contribution in [3.63, 3.8) is 0 Å². The molecule has 7 heteroatoms. The van der Waals surface area contributed by atoms with Gasteiger partial charge in [0.2, 0.25) is 11.8 Å². The van der Waals surface area contributed by atoms with Gasteiger partial charge in [0.15, 0.2) is 11.7 Å². The van der Waals surface area contributed by atoms with Crippen molar-refractivity contribution in [2.45, 2.75) is 25.2 Å². The van der Waals surface area contributed by atoms with Gasteiger partial charge in [0.05, 0.1) is 28.9 Å². The molecular weight excluding hydrogens is 344 g/mol. The lowest BCUT2D eigenvalue weighted by Gasteiger charge is -2.14. The van der Waals surface area contributed by atoms with Crippen molar-refractivity contribution in [1.29, 1.82) is 5.26 Å². The zero-order valence-corrected chi connectivity index (χ0v) is 14.6. The summed E-state index contributed by atoms with van der Waals surface area (Å²) in [6.45, 7) is 0.0158. The number of benzene rings is 1. The van der Waals surface area contributed by atoms with E-state index in [2.05, 4.69) is 9.97 Å². The Hall–Kier alpha value is -3.27. The van der Waals surface area contributed by atoms with Crippen molar-refractivity contribution in [2.75, 3.05) is 6.54 Å². The number of hydrogen-bond acceptors (Lipinski definition) is 5. The Bertz CT molecular complexity index is 941. The van der Waals surface area contributed by atoms with Gasteiger partial charge >= 0.3 is 0 Å². The van der Waals surface area contributed by atoms with Crippen molar-refractivity contribution < 1.29 is 14.4 Å². The summed E-state index contributed by atoms with van der Waals surface area (Å²) in [6.07, 6.45) is 4.93. The van der Waals surface area contributed by atoms with Crippen LogP contribution in [0.2, 0.25) is 0 Å². The average molecular weight is 362 g/mol. The van der Waals surface area contributed by atoms with E-state index in [0.717, 1.165) is 5.52 Å². The van der Waals surface area contributed by atoms with Gasteiger partial charge in [-0.05, 0) is 25.0 Å². The lowest BCUT2D eigenvalue weighted by Crippen LogP contribution is -2.33. The first-order chi connectivity index (χ1) is 13.1. The minimum atomic E-state index is -1.05. The first-order valence-corrected chi connectivity index (χ1v) is 8.97. The van der Waals surface area contributed by atoms with E-state index < -0.39 is 5.92 Å². The van der Waals surface area contributed by atoms with Crippen LogP contribution in [0, 0.1) is 23.2 Å². The molecule has 136 valence electrons. The summed E-state index contributed by atoms with van der Waals surface area (Å²) in [5.74, 6) is -2.14. The Morgan fingerprint density at radius 1 is 1.22 bits per heavy atom. The Morgan fingerprint density at radius 3 is 2.52 bits per heavy atom. The number of imide groups is 1. The highest BCUT2D eigenvalue weighted by atomic mass is 16.2. The van der Waals surface area contributed by atoms with Crippen LogP contribution >= 0.6 is 0 Å². The molecule has 27 heavy (non-hydrogen) atoms. The number of nitrogens with zero attached hydrogens (tertiary/aromatic N) is 3. The van der Waals surface area contributed by atoms with Gasteiger partial charge in [-0.1, -0.05) is 24.3 Å². The fourth-order valence-electron chi connectivity index (χ4n) is 3.85. The second-order valence-electron chi connectivity index (χ2n) is 6.90. The van der Waals surface area contributed by atoms with Crippen LogP contribution in [0.3, 0.4) is 0 Å². The molecule has 2 aliphatic rings. The standard InChI is InChI=1S/C20H18N4O3/c21-11-14(18-22-15-7-3-4-8-16(15)23-18)17(25)9-10-24-19(26)12-5-1-2-6-13(12)20(24)27/h1-4,7-8,12-14H,5-6,9-10H2,(H,22,23)/t12-,13-,14-/m0/s1. The number of para-hydroxylation sites is 2. The topological polar surface area (TPSA) is 107 Å². The van der Waals surface area contributed by atoms with Crippen molar-refractivity contribution in [1.82, 2.24) is 14.9 Å². The van der Waals surface area contributed by atoms with E-state index in [1.165, 1.54) is 4.90 Å². The number of amides is 2. The molecule has 0 radical (unpaired) electrons. The van der Waals surface area contributed by atoms with Crippen LogP contribution in [0.15, 0.2) is 36.4 Å². The number of rotatable bonds is 5. The van der Waals surface area contributed by atoms with Crippen LogP contribution in [0.25, 0.3) is 11.0 Å². The molecule has 0 bridgehead atoms. The molecule has 0 saturated carbocycles. The van der Waals surface area contributed by atoms with Crippen LogP contribution in [0.5, 0.6) is 0 Å². The number of H-pyrrole nitrogens is 1. The van der Waals surface area contributed by atoms with Crippen LogP contribution in [-0.4, -0.2) is 39.0 Å². The molecule has 1 aliphatic heterocycles. The average Bonchev–Trinajstić information content (AvgIpc) is 3.21. The van der Waals surface area contributed by atoms with Crippen molar-refractivity contribution in [3.8, 4) is 6.07 Å². The van der Waals surface area contributed by atoms with Crippen LogP contribution in [0.1, 0.15) is 31.0 Å². The number of fused-ring (bicyclic) bond motifs is 2. The second-order valence-corrected chi connectivity index (χ2v) is 6.90. The first kappa shape index (κ1) is 17.2. The van der Waals surface area contributed by atoms with E-state index in [4.69, 9.17) is 0 Å². The molecule has 2 aromatic rings. The molecule has 7 nitrogen and oxygen atoms in total. The van der Waals surface area contributed by atoms with Crippen molar-refractivity contribution in [3.05, 3.63) is 42.2 Å². The van der Waals surface area contributed by atoms with Gasteiger partial charge in [-0.15, -0.1) is 0 Å². The van der Waals surface area contributed by atoms with E-state index in [1.807, 2.05) is 36.4 Å². The molecule has 1 N–H and O–H groups in total. The van der Waals surface area contributed by atoms with E-state index >= 15 is 0 Å². The van der Waals surface area contributed by atoms with Crippen molar-refractivity contribution >= 4 is 28.6 Å². The van der Waals surface area contributed by atoms with E-state index in [1.54, 1.807) is 6.07 Å². The second kappa shape index (κ2) is 6.80. The monoisotopic (exact) mass is 362 g/mol. The predicted octanol–water partition coefficient (Wildman–Crippen LogP) is 2.08. The lowest BCUT2D eigenvalue weighted by atomic mass is 9.85. The Morgan fingerprint density at radius 2 is 1.89 bits per heavy atom. The normalized spacial score (nSPS) is 22.7. The Balaban J connectivity index is 1.46. The Kier molecular flexibility index (Phi) is 4.32. The number of carbonyl (C=O) groups is 3. The third-order valence-electron chi connectivity index (χ3n) is 5.31. The molecule has 3 atom stereocenters. The number of nitrogens with one attached hydrogen (secondary N) is 1. The maximum absolute atomic E-state index is 12.6. The molecule has 4 rings (SSSR count). The number of nitriles is 1. The lowest BCUT2D eigenvalue weighted by molar-refractivity contribution is -0.140. The molecule has 2 amide bonds. The molecule has 0 spiro atoms. The van der Waals surface area contributed by atoms with Gasteiger partial charge < -0.3 is 4.98 Å². The number of carbonyl (C=O) groups excluding carboxylic acids is 3. The first-order valence-electron chi connectivity index (χ1n) is 8.97. The minimum absolute atomic E-state index is 0.0158. The van der Waals surface area contributed by atoms with Crippen molar-refractivity contribution in [2.24, 2.45) is 11.8 Å². The zero-order chi connectivity index (χ0) is 19.0. The number of ketones is 1. The number of Topliss-reactive ketones (excluding diaryl/α,β-unsaturated/α-hetero) is 1. The maximum Gasteiger partial charge on any atom is 0.233 e. The number of allylic oxidation sites excluding steroid dienone is 2. The minimum Gasteiger partial charge on any atom is -0.340 e. The largest absolute Gasteiger partial charge is 0.340 e. The maximum atomic E-state index is 12.6. The summed E-state index contributed by atoms with van der Waals surface area (Å²) in [5, 5.41) is 9.45. The third kappa shape index (κ3) is 2.93. The molecule has 1 saturated heterocycles. The third-order valence-corrected chi connectivity index (χ3v) is 5.31. The highest BCUT2D eigenvalue weighted by Crippen LogP contribution is 2.35. The highest BCUT2D eigenvalue weighted by Gasteiger charge is 2.47. The molecule has 1 aromatic heterocycles. The van der Waals surface area contributed by atoms with Gasteiger partial charge in [0, 0.05) is 13.0 Å².